The van der Waals surface area contributed by atoms with Gasteiger partial charge in [-0.25, -0.2) is 0 Å². The molecule has 0 saturated heterocycles. The van der Waals surface area contributed by atoms with Gasteiger partial charge in [-0.15, -0.1) is 0 Å². The van der Waals surface area contributed by atoms with E-state index < -0.39 is 0 Å². The molecule has 0 amide bonds. The molecule has 3 nitrogen and oxygen atoms in total. The number of aryl methyl sites for hydroxylation is 1. The maximum absolute atomic E-state index is 10.7. The molecule has 0 saturated carbocycles. The molecule has 0 radical (unpaired) electrons. The lowest BCUT2D eigenvalue weighted by atomic mass is 9.85. The number of hydrogen-bond donors (Lipinski definition) is 1. The van der Waals surface area contributed by atoms with Crippen molar-refractivity contribution in [3.8, 4) is 0 Å². The van der Waals surface area contributed by atoms with Crippen LogP contribution in [0.5, 0.6) is 0 Å². The van der Waals surface area contributed by atoms with E-state index in [0.29, 0.717) is 12.6 Å². The number of benzene rings is 1. The topological polar surface area (TPSA) is 52.3 Å². The highest BCUT2D eigenvalue weighted by Gasteiger charge is 2.17. The van der Waals surface area contributed by atoms with Crippen LogP contribution in [0.3, 0.4) is 0 Å². The highest BCUT2D eigenvalue weighted by atomic mass is 16.5. The van der Waals surface area contributed by atoms with Gasteiger partial charge in [0.15, 0.2) is 0 Å². The SMILES string of the molecule is CC(=O)OCCCc1cccc2c1CCC(N)C2. The molecule has 1 aliphatic carbocycles. The maximum Gasteiger partial charge on any atom is 0.302 e. The average molecular weight is 247 g/mol. The predicted octanol–water partition coefficient (Wildman–Crippen LogP) is 2.00. The molecule has 0 aromatic heterocycles. The summed E-state index contributed by atoms with van der Waals surface area (Å²) < 4.78 is 4.97. The summed E-state index contributed by atoms with van der Waals surface area (Å²) in [5, 5.41) is 0. The van der Waals surface area contributed by atoms with Crippen LogP contribution in [0.25, 0.3) is 0 Å². The molecule has 0 heterocycles. The van der Waals surface area contributed by atoms with Gasteiger partial charge in [-0.3, -0.25) is 4.79 Å². The molecule has 1 aromatic rings. The van der Waals surface area contributed by atoms with Crippen LogP contribution in [-0.4, -0.2) is 18.6 Å². The molecule has 3 heteroatoms. The van der Waals surface area contributed by atoms with Crippen molar-refractivity contribution in [2.24, 2.45) is 5.73 Å². The molecule has 0 fully saturated rings. The Morgan fingerprint density at radius 2 is 2.33 bits per heavy atom. The van der Waals surface area contributed by atoms with Gasteiger partial charge < -0.3 is 10.5 Å². The standard InChI is InChI=1S/C15H21NO2/c1-11(17)18-9-3-6-12-4-2-5-13-10-14(16)7-8-15(12)13/h2,4-5,14H,3,6-10,16H2,1H3. The third kappa shape index (κ3) is 3.33. The van der Waals surface area contributed by atoms with Gasteiger partial charge in [0.2, 0.25) is 0 Å². The Kier molecular flexibility index (Phi) is 4.37. The van der Waals surface area contributed by atoms with E-state index in [4.69, 9.17) is 10.5 Å². The summed E-state index contributed by atoms with van der Waals surface area (Å²) >= 11 is 0. The van der Waals surface area contributed by atoms with Crippen molar-refractivity contribution in [1.29, 1.82) is 0 Å². The summed E-state index contributed by atoms with van der Waals surface area (Å²) in [5.74, 6) is -0.198. The summed E-state index contributed by atoms with van der Waals surface area (Å²) in [6.07, 6.45) is 5.02. The van der Waals surface area contributed by atoms with Crippen LogP contribution >= 0.6 is 0 Å². The van der Waals surface area contributed by atoms with E-state index >= 15 is 0 Å². The number of ether oxygens (including phenoxy) is 1. The van der Waals surface area contributed by atoms with E-state index in [1.807, 2.05) is 0 Å². The first-order valence-electron chi connectivity index (χ1n) is 6.65. The number of carbonyl (C=O) groups excluding carboxylic acids is 1. The van der Waals surface area contributed by atoms with Gasteiger partial charge in [0.1, 0.15) is 0 Å². The second-order valence-electron chi connectivity index (χ2n) is 5.00. The highest BCUT2D eigenvalue weighted by molar-refractivity contribution is 5.65. The first-order chi connectivity index (χ1) is 8.66. The number of hydrogen-bond acceptors (Lipinski definition) is 3. The van der Waals surface area contributed by atoms with Crippen LogP contribution in [-0.2, 0) is 28.8 Å². The summed E-state index contributed by atoms with van der Waals surface area (Å²) in [6, 6.07) is 6.79. The van der Waals surface area contributed by atoms with Crippen LogP contribution in [0.2, 0.25) is 0 Å². The normalized spacial score (nSPS) is 18.2. The molecular weight excluding hydrogens is 226 g/mol. The number of carbonyl (C=O) groups is 1. The largest absolute Gasteiger partial charge is 0.466 e. The fourth-order valence-electron chi connectivity index (χ4n) is 2.63. The first-order valence-corrected chi connectivity index (χ1v) is 6.65. The Labute approximate surface area is 108 Å². The van der Waals surface area contributed by atoms with E-state index in [-0.39, 0.29) is 5.97 Å². The minimum atomic E-state index is -0.198. The molecule has 1 aliphatic rings. The second kappa shape index (κ2) is 6.01. The average Bonchev–Trinajstić information content (AvgIpc) is 2.34. The Morgan fingerprint density at radius 1 is 1.50 bits per heavy atom. The summed E-state index contributed by atoms with van der Waals surface area (Å²) in [7, 11) is 0. The van der Waals surface area contributed by atoms with Crippen LogP contribution in [0.4, 0.5) is 0 Å². The number of rotatable bonds is 4. The monoisotopic (exact) mass is 247 g/mol. The van der Waals surface area contributed by atoms with Crippen LogP contribution in [0.15, 0.2) is 18.2 Å². The lowest BCUT2D eigenvalue weighted by Gasteiger charge is -2.23. The smallest absolute Gasteiger partial charge is 0.302 e. The summed E-state index contributed by atoms with van der Waals surface area (Å²) in [6.45, 7) is 1.96. The highest BCUT2D eigenvalue weighted by Crippen LogP contribution is 2.24. The minimum absolute atomic E-state index is 0.198. The molecule has 1 atom stereocenters. The Bertz CT molecular complexity index is 429. The Morgan fingerprint density at radius 3 is 3.11 bits per heavy atom. The van der Waals surface area contributed by atoms with E-state index in [1.54, 1.807) is 0 Å². The zero-order valence-electron chi connectivity index (χ0n) is 10.9. The maximum atomic E-state index is 10.7. The quantitative estimate of drug-likeness (QED) is 0.654. The molecule has 2 rings (SSSR count). The molecule has 2 N–H and O–H groups in total. The van der Waals surface area contributed by atoms with Gasteiger partial charge in [-0.05, 0) is 48.8 Å². The fourth-order valence-corrected chi connectivity index (χ4v) is 2.63. The van der Waals surface area contributed by atoms with Crippen LogP contribution < -0.4 is 5.73 Å². The van der Waals surface area contributed by atoms with E-state index in [2.05, 4.69) is 18.2 Å². The van der Waals surface area contributed by atoms with E-state index in [0.717, 1.165) is 32.1 Å². The lowest BCUT2D eigenvalue weighted by molar-refractivity contribution is -0.141. The molecule has 0 aliphatic heterocycles. The number of esters is 1. The third-order valence-electron chi connectivity index (χ3n) is 3.51. The Hall–Kier alpha value is -1.35. The van der Waals surface area contributed by atoms with E-state index in [9.17, 15) is 4.79 Å². The van der Waals surface area contributed by atoms with Crippen LogP contribution in [0, 0.1) is 0 Å². The third-order valence-corrected chi connectivity index (χ3v) is 3.51. The number of fused-ring (bicyclic) bond motifs is 1. The van der Waals surface area contributed by atoms with Crippen molar-refractivity contribution in [3.63, 3.8) is 0 Å². The molecule has 1 unspecified atom stereocenters. The molecule has 1 aromatic carbocycles. The molecule has 0 bridgehead atoms. The molecule has 0 spiro atoms. The van der Waals surface area contributed by atoms with Crippen LogP contribution in [0.1, 0.15) is 36.5 Å². The number of nitrogens with two attached hydrogens (primary N) is 1. The Balaban J connectivity index is 1.96. The van der Waals surface area contributed by atoms with Crippen molar-refractivity contribution < 1.29 is 9.53 Å². The summed E-state index contributed by atoms with van der Waals surface area (Å²) in [5.41, 5.74) is 10.3. The second-order valence-corrected chi connectivity index (χ2v) is 5.00. The van der Waals surface area contributed by atoms with Crippen molar-refractivity contribution in [2.75, 3.05) is 6.61 Å². The summed E-state index contributed by atoms with van der Waals surface area (Å²) in [4.78, 5) is 10.7. The molecule has 98 valence electrons. The minimum Gasteiger partial charge on any atom is -0.466 e. The van der Waals surface area contributed by atoms with Crippen molar-refractivity contribution >= 4 is 5.97 Å². The van der Waals surface area contributed by atoms with Crippen molar-refractivity contribution in [3.05, 3.63) is 34.9 Å². The van der Waals surface area contributed by atoms with Gasteiger partial charge in [0.25, 0.3) is 0 Å². The van der Waals surface area contributed by atoms with Crippen molar-refractivity contribution in [1.82, 2.24) is 0 Å². The predicted molar refractivity (Wildman–Crippen MR) is 71.4 cm³/mol. The van der Waals surface area contributed by atoms with E-state index in [1.165, 1.54) is 23.6 Å². The zero-order valence-corrected chi connectivity index (χ0v) is 10.9. The van der Waals surface area contributed by atoms with Gasteiger partial charge in [0, 0.05) is 13.0 Å². The zero-order chi connectivity index (χ0) is 13.0. The van der Waals surface area contributed by atoms with Gasteiger partial charge >= 0.3 is 5.97 Å². The molecular formula is C15H21NO2. The van der Waals surface area contributed by atoms with Gasteiger partial charge in [0.05, 0.1) is 6.61 Å². The van der Waals surface area contributed by atoms with Crippen molar-refractivity contribution in [2.45, 2.75) is 45.1 Å². The van der Waals surface area contributed by atoms with Gasteiger partial charge in [-0.2, -0.15) is 0 Å². The molecule has 18 heavy (non-hydrogen) atoms. The lowest BCUT2D eigenvalue weighted by Crippen LogP contribution is -2.28. The fraction of sp³-hybridized carbons (Fsp3) is 0.533. The van der Waals surface area contributed by atoms with Gasteiger partial charge in [-0.1, -0.05) is 18.2 Å². The first kappa shape index (κ1) is 13.1.